The Morgan fingerprint density at radius 2 is 1.34 bits per heavy atom. The van der Waals surface area contributed by atoms with Gasteiger partial charge in [-0.05, 0) is 53.5 Å². The Balaban J connectivity index is 1.40. The lowest BCUT2D eigenvalue weighted by Gasteiger charge is -2.28. The van der Waals surface area contributed by atoms with Crippen LogP contribution in [0.25, 0.3) is 11.1 Å². The fourth-order valence-electron chi connectivity index (χ4n) is 5.10. The zero-order chi connectivity index (χ0) is 22.8. The molecule has 1 nitrogen and oxygen atoms in total. The summed E-state index contributed by atoms with van der Waals surface area (Å²) in [6.45, 7) is 2.27. The minimum absolute atomic E-state index is 0.467. The maximum Gasteiger partial charge on any atom is 0.144 e. The molecule has 2 aromatic rings. The maximum atomic E-state index is 13.9. The summed E-state index contributed by atoms with van der Waals surface area (Å²) in [5.74, 6) is 0.166. The van der Waals surface area contributed by atoms with Crippen LogP contribution in [-0.4, -0.2) is 0 Å². The molecule has 3 rings (SSSR count). The van der Waals surface area contributed by atoms with Gasteiger partial charge in [0, 0.05) is 0 Å². The molecular weight excluding hydrogens is 400 g/mol. The van der Waals surface area contributed by atoms with E-state index in [9.17, 15) is 8.78 Å². The Morgan fingerprint density at radius 3 is 1.94 bits per heavy atom. The summed E-state index contributed by atoms with van der Waals surface area (Å²) < 4.78 is 27.8. The average Bonchev–Trinajstić information content (AvgIpc) is 2.81. The maximum absolute atomic E-state index is 13.9. The second-order valence-electron chi connectivity index (χ2n) is 9.61. The summed E-state index contributed by atoms with van der Waals surface area (Å²) in [4.78, 5) is 0. The number of hydrogen-bond donors (Lipinski definition) is 0. The standard InChI is InChI=1S/C29H37F2N/c1-2-3-4-5-6-7-8-22-9-11-23(12-10-22)13-14-24-15-17-25(18-16-24)26-19-28(30)27(21-32)29(31)20-26/h15-20,22-23H,2-14H2,1H3. The van der Waals surface area contributed by atoms with Gasteiger partial charge in [-0.3, -0.25) is 0 Å². The van der Waals surface area contributed by atoms with Crippen molar-refractivity contribution in [3.63, 3.8) is 0 Å². The van der Waals surface area contributed by atoms with Gasteiger partial charge in [-0.25, -0.2) is 8.78 Å². The van der Waals surface area contributed by atoms with Crippen molar-refractivity contribution in [3.8, 4) is 17.2 Å². The molecule has 0 saturated heterocycles. The second-order valence-corrected chi connectivity index (χ2v) is 9.61. The van der Waals surface area contributed by atoms with E-state index in [-0.39, 0.29) is 0 Å². The summed E-state index contributed by atoms with van der Waals surface area (Å²) >= 11 is 0. The molecule has 0 atom stereocenters. The van der Waals surface area contributed by atoms with E-state index in [0.29, 0.717) is 5.56 Å². The van der Waals surface area contributed by atoms with Crippen LogP contribution in [0.2, 0.25) is 0 Å². The van der Waals surface area contributed by atoms with E-state index in [2.05, 4.69) is 19.1 Å². The van der Waals surface area contributed by atoms with E-state index in [1.807, 2.05) is 12.1 Å². The molecule has 0 amide bonds. The number of nitrogens with zero attached hydrogens (tertiary/aromatic N) is 1. The van der Waals surface area contributed by atoms with E-state index < -0.39 is 17.2 Å². The molecule has 0 spiro atoms. The Hall–Kier alpha value is -2.21. The topological polar surface area (TPSA) is 23.8 Å². The highest BCUT2D eigenvalue weighted by atomic mass is 19.1. The van der Waals surface area contributed by atoms with Crippen LogP contribution in [-0.2, 0) is 6.42 Å². The largest absolute Gasteiger partial charge is 0.205 e. The highest BCUT2D eigenvalue weighted by Gasteiger charge is 2.20. The molecule has 0 bridgehead atoms. The van der Waals surface area contributed by atoms with Crippen molar-refractivity contribution >= 4 is 0 Å². The van der Waals surface area contributed by atoms with Crippen LogP contribution >= 0.6 is 0 Å². The van der Waals surface area contributed by atoms with Gasteiger partial charge in [-0.1, -0.05) is 102 Å². The van der Waals surface area contributed by atoms with Crippen LogP contribution in [0, 0.1) is 34.8 Å². The monoisotopic (exact) mass is 437 g/mol. The number of benzene rings is 2. The van der Waals surface area contributed by atoms with Crippen molar-refractivity contribution in [3.05, 3.63) is 59.2 Å². The van der Waals surface area contributed by atoms with Crippen LogP contribution in [0.4, 0.5) is 8.78 Å². The molecule has 0 aromatic heterocycles. The van der Waals surface area contributed by atoms with Gasteiger partial charge in [0.1, 0.15) is 23.3 Å². The van der Waals surface area contributed by atoms with Crippen molar-refractivity contribution < 1.29 is 8.78 Å². The molecular formula is C29H37F2N. The smallest absolute Gasteiger partial charge is 0.144 e. The van der Waals surface area contributed by atoms with Crippen molar-refractivity contribution in [2.45, 2.75) is 90.4 Å². The lowest BCUT2D eigenvalue weighted by atomic mass is 9.77. The molecule has 0 N–H and O–H groups in total. The molecule has 1 saturated carbocycles. The molecule has 1 fully saturated rings. The average molecular weight is 438 g/mol. The summed E-state index contributed by atoms with van der Waals surface area (Å²) in [6.07, 6.45) is 17.6. The first-order chi connectivity index (χ1) is 15.6. The Morgan fingerprint density at radius 1 is 0.781 bits per heavy atom. The van der Waals surface area contributed by atoms with Gasteiger partial charge in [0.25, 0.3) is 0 Å². The minimum Gasteiger partial charge on any atom is -0.205 e. The number of halogens is 2. The van der Waals surface area contributed by atoms with E-state index in [0.717, 1.165) is 23.8 Å². The molecule has 2 aromatic carbocycles. The molecule has 1 aliphatic carbocycles. The predicted molar refractivity (Wildman–Crippen MR) is 128 cm³/mol. The normalized spacial score (nSPS) is 18.4. The van der Waals surface area contributed by atoms with Gasteiger partial charge in [0.2, 0.25) is 0 Å². The zero-order valence-corrected chi connectivity index (χ0v) is 19.5. The van der Waals surface area contributed by atoms with Crippen LogP contribution < -0.4 is 0 Å². The summed E-state index contributed by atoms with van der Waals surface area (Å²) in [7, 11) is 0. The van der Waals surface area contributed by atoms with Gasteiger partial charge in [0.15, 0.2) is 0 Å². The summed E-state index contributed by atoms with van der Waals surface area (Å²) in [5, 5.41) is 8.82. The first kappa shape index (κ1) is 24.4. The van der Waals surface area contributed by atoms with Crippen LogP contribution in [0.15, 0.2) is 36.4 Å². The summed E-state index contributed by atoms with van der Waals surface area (Å²) in [6, 6.07) is 12.0. The lowest BCUT2D eigenvalue weighted by Crippen LogP contribution is -2.15. The fraction of sp³-hybridized carbons (Fsp3) is 0.552. The molecule has 0 unspecified atom stereocenters. The van der Waals surface area contributed by atoms with Gasteiger partial charge in [-0.2, -0.15) is 5.26 Å². The lowest BCUT2D eigenvalue weighted by molar-refractivity contribution is 0.248. The highest BCUT2D eigenvalue weighted by molar-refractivity contribution is 5.65. The third-order valence-electron chi connectivity index (χ3n) is 7.21. The van der Waals surface area contributed by atoms with E-state index in [4.69, 9.17) is 5.26 Å². The second kappa shape index (κ2) is 12.7. The first-order valence-electron chi connectivity index (χ1n) is 12.6. The Labute approximate surface area is 192 Å². The van der Waals surface area contributed by atoms with Gasteiger partial charge >= 0.3 is 0 Å². The third kappa shape index (κ3) is 7.16. The first-order valence-corrected chi connectivity index (χ1v) is 12.6. The fourth-order valence-corrected chi connectivity index (χ4v) is 5.10. The van der Waals surface area contributed by atoms with Crippen molar-refractivity contribution in [2.24, 2.45) is 11.8 Å². The van der Waals surface area contributed by atoms with E-state index in [1.54, 1.807) is 6.07 Å². The highest BCUT2D eigenvalue weighted by Crippen LogP contribution is 2.34. The molecule has 0 aliphatic heterocycles. The van der Waals surface area contributed by atoms with E-state index >= 15 is 0 Å². The molecule has 0 heterocycles. The zero-order valence-electron chi connectivity index (χ0n) is 19.5. The molecule has 32 heavy (non-hydrogen) atoms. The quantitative estimate of drug-likeness (QED) is 0.322. The Bertz CT molecular complexity index is 850. The van der Waals surface area contributed by atoms with Crippen molar-refractivity contribution in [1.82, 2.24) is 0 Å². The van der Waals surface area contributed by atoms with Crippen molar-refractivity contribution in [1.29, 1.82) is 5.26 Å². The SMILES string of the molecule is CCCCCCCCC1CCC(CCc2ccc(-c3cc(F)c(C#N)c(F)c3)cc2)CC1. The van der Waals surface area contributed by atoms with Crippen molar-refractivity contribution in [2.75, 3.05) is 0 Å². The number of hydrogen-bond acceptors (Lipinski definition) is 1. The number of rotatable bonds is 11. The third-order valence-corrected chi connectivity index (χ3v) is 7.21. The molecule has 172 valence electrons. The van der Waals surface area contributed by atoms with Gasteiger partial charge in [0.05, 0.1) is 0 Å². The Kier molecular flexibility index (Phi) is 9.72. The molecule has 0 radical (unpaired) electrons. The van der Waals surface area contributed by atoms with Crippen LogP contribution in [0.5, 0.6) is 0 Å². The molecule has 1 aliphatic rings. The number of aryl methyl sites for hydroxylation is 1. The van der Waals surface area contributed by atoms with E-state index in [1.165, 1.54) is 94.7 Å². The minimum atomic E-state index is -0.807. The van der Waals surface area contributed by atoms with Crippen LogP contribution in [0.1, 0.15) is 95.1 Å². The molecule has 3 heteroatoms. The predicted octanol–water partition coefficient (Wildman–Crippen LogP) is 8.99. The van der Waals surface area contributed by atoms with Gasteiger partial charge in [-0.15, -0.1) is 0 Å². The van der Waals surface area contributed by atoms with Gasteiger partial charge < -0.3 is 0 Å². The number of nitriles is 1. The summed E-state index contributed by atoms with van der Waals surface area (Å²) in [5.41, 5.74) is 1.99. The van der Waals surface area contributed by atoms with Crippen LogP contribution in [0.3, 0.4) is 0 Å². The number of unbranched alkanes of at least 4 members (excludes halogenated alkanes) is 5.